The van der Waals surface area contributed by atoms with Crippen molar-refractivity contribution < 1.29 is 10.0 Å². The molecule has 0 aliphatic carbocycles. The van der Waals surface area contributed by atoms with Crippen LogP contribution in [0.3, 0.4) is 0 Å². The molecule has 0 spiro atoms. The number of hydrogen-bond acceptors (Lipinski definition) is 5. The number of aromatic hydroxyl groups is 1. The Morgan fingerprint density at radius 3 is 2.57 bits per heavy atom. The van der Waals surface area contributed by atoms with Gasteiger partial charge in [0, 0.05) is 0 Å². The molecule has 0 fully saturated rings. The molecule has 0 saturated carbocycles. The molecule has 108 valence electrons. The van der Waals surface area contributed by atoms with Crippen molar-refractivity contribution in [1.82, 2.24) is 9.97 Å². The number of nitro groups is 1. The lowest BCUT2D eigenvalue weighted by atomic mass is 10.2. The predicted octanol–water partition coefficient (Wildman–Crippen LogP) is 1.61. The van der Waals surface area contributed by atoms with E-state index in [-0.39, 0.29) is 11.4 Å². The topological polar surface area (TPSA) is 129 Å². The van der Waals surface area contributed by atoms with Gasteiger partial charge in [-0.2, -0.15) is 0 Å². The molecular formula is C12H8BrN3O5. The molecule has 0 radical (unpaired) electrons. The number of hydrogen-bond donors (Lipinski definition) is 3. The number of aromatic nitrogens is 2. The lowest BCUT2D eigenvalue weighted by Gasteiger charge is -1.99. The fourth-order valence-corrected chi connectivity index (χ4v) is 2.00. The summed E-state index contributed by atoms with van der Waals surface area (Å²) in [5.41, 5.74) is -2.26. The molecule has 0 amide bonds. The van der Waals surface area contributed by atoms with Crippen LogP contribution < -0.4 is 11.2 Å². The number of phenolic OH excluding ortho intramolecular Hbond substituents is 1. The number of benzene rings is 1. The van der Waals surface area contributed by atoms with E-state index in [0.29, 0.717) is 10.0 Å². The van der Waals surface area contributed by atoms with E-state index in [1.54, 1.807) is 17.1 Å². The van der Waals surface area contributed by atoms with Gasteiger partial charge >= 0.3 is 16.9 Å². The molecule has 2 aromatic rings. The Morgan fingerprint density at radius 2 is 1.95 bits per heavy atom. The van der Waals surface area contributed by atoms with Gasteiger partial charge in [-0.3, -0.25) is 19.9 Å². The van der Waals surface area contributed by atoms with Gasteiger partial charge in [-0.15, -0.1) is 0 Å². The Kier molecular flexibility index (Phi) is 4.03. The number of phenols is 1. The molecule has 0 unspecified atom stereocenters. The molecule has 9 heteroatoms. The maximum Gasteiger partial charge on any atom is 0.357 e. The highest BCUT2D eigenvalue weighted by Crippen LogP contribution is 2.25. The third kappa shape index (κ3) is 3.26. The quantitative estimate of drug-likeness (QED) is 0.570. The second-order valence-electron chi connectivity index (χ2n) is 3.97. The van der Waals surface area contributed by atoms with Crippen molar-refractivity contribution in [1.29, 1.82) is 0 Å². The van der Waals surface area contributed by atoms with Crippen LogP contribution in [-0.2, 0) is 0 Å². The molecule has 0 bridgehead atoms. The average Bonchev–Trinajstić information content (AvgIpc) is 2.38. The average molecular weight is 354 g/mol. The summed E-state index contributed by atoms with van der Waals surface area (Å²) in [5, 5.41) is 20.2. The van der Waals surface area contributed by atoms with Crippen LogP contribution in [0.4, 0.5) is 5.69 Å². The zero-order valence-corrected chi connectivity index (χ0v) is 11.9. The van der Waals surface area contributed by atoms with E-state index in [1.807, 2.05) is 0 Å². The summed E-state index contributed by atoms with van der Waals surface area (Å²) < 4.78 is 0.443. The van der Waals surface area contributed by atoms with E-state index in [9.17, 15) is 24.8 Å². The molecule has 8 nitrogen and oxygen atoms in total. The Hall–Kier alpha value is -2.68. The molecule has 0 aliphatic rings. The SMILES string of the molecule is O=c1[nH]c(C=Cc2ccc(O)c(Br)c2)c([N+](=O)[O-])c(=O)[nH]1. The monoisotopic (exact) mass is 353 g/mol. The number of nitrogens with one attached hydrogen (secondary N) is 2. The van der Waals surface area contributed by atoms with E-state index >= 15 is 0 Å². The lowest BCUT2D eigenvalue weighted by Crippen LogP contribution is -2.25. The highest BCUT2D eigenvalue weighted by molar-refractivity contribution is 9.10. The van der Waals surface area contributed by atoms with E-state index in [1.165, 1.54) is 18.2 Å². The second kappa shape index (κ2) is 5.75. The van der Waals surface area contributed by atoms with Crippen molar-refractivity contribution >= 4 is 33.8 Å². The van der Waals surface area contributed by atoms with Crippen molar-refractivity contribution in [2.24, 2.45) is 0 Å². The number of nitrogens with zero attached hydrogens (tertiary/aromatic N) is 1. The van der Waals surface area contributed by atoms with E-state index in [2.05, 4.69) is 20.9 Å². The lowest BCUT2D eigenvalue weighted by molar-refractivity contribution is -0.386. The normalized spacial score (nSPS) is 10.9. The molecule has 1 heterocycles. The summed E-state index contributed by atoms with van der Waals surface area (Å²) in [6.45, 7) is 0. The van der Waals surface area contributed by atoms with Crippen molar-refractivity contribution in [2.45, 2.75) is 0 Å². The largest absolute Gasteiger partial charge is 0.507 e. The first-order valence-electron chi connectivity index (χ1n) is 5.56. The molecule has 21 heavy (non-hydrogen) atoms. The molecule has 0 saturated heterocycles. The zero-order valence-electron chi connectivity index (χ0n) is 10.3. The maximum atomic E-state index is 11.4. The van der Waals surface area contributed by atoms with Crippen LogP contribution in [0, 0.1) is 10.1 Å². The molecule has 1 aromatic heterocycles. The van der Waals surface area contributed by atoms with Crippen LogP contribution in [-0.4, -0.2) is 20.0 Å². The van der Waals surface area contributed by atoms with E-state index < -0.39 is 21.9 Å². The Morgan fingerprint density at radius 1 is 1.24 bits per heavy atom. The summed E-state index contributed by atoms with van der Waals surface area (Å²) in [5.74, 6) is 0.0442. The minimum absolute atomic E-state index is 0.0442. The molecule has 1 aromatic carbocycles. The van der Waals surface area contributed by atoms with Gasteiger partial charge in [-0.1, -0.05) is 12.1 Å². The predicted molar refractivity (Wildman–Crippen MR) is 79.1 cm³/mol. The fraction of sp³-hybridized carbons (Fsp3) is 0. The minimum atomic E-state index is -1.07. The fourth-order valence-electron chi connectivity index (χ4n) is 1.61. The third-order valence-electron chi connectivity index (χ3n) is 2.54. The van der Waals surface area contributed by atoms with Crippen molar-refractivity contribution in [3.05, 3.63) is 64.9 Å². The zero-order chi connectivity index (χ0) is 15.6. The highest BCUT2D eigenvalue weighted by atomic mass is 79.9. The van der Waals surface area contributed by atoms with Gasteiger partial charge < -0.3 is 10.1 Å². The summed E-state index contributed by atoms with van der Waals surface area (Å²) in [6.07, 6.45) is 2.70. The molecular weight excluding hydrogens is 346 g/mol. The van der Waals surface area contributed by atoms with Crippen LogP contribution in [0.25, 0.3) is 12.2 Å². The van der Waals surface area contributed by atoms with Crippen LogP contribution in [0.5, 0.6) is 5.75 Å². The van der Waals surface area contributed by atoms with Gasteiger partial charge in [0.25, 0.3) is 0 Å². The summed E-state index contributed by atoms with van der Waals surface area (Å²) >= 11 is 3.13. The highest BCUT2D eigenvalue weighted by Gasteiger charge is 2.18. The summed E-state index contributed by atoms with van der Waals surface area (Å²) in [6, 6.07) is 4.56. The maximum absolute atomic E-state index is 11.4. The number of aromatic amines is 2. The molecule has 2 rings (SSSR count). The standard InChI is InChI=1S/C12H8BrN3O5/c13-7-5-6(2-4-9(7)17)1-3-8-10(16(20)21)11(18)15-12(19)14-8/h1-5,17H,(H2,14,15,18,19). The smallest absolute Gasteiger partial charge is 0.357 e. The molecule has 3 N–H and O–H groups in total. The Labute approximate surface area is 125 Å². The van der Waals surface area contributed by atoms with Crippen LogP contribution >= 0.6 is 15.9 Å². The van der Waals surface area contributed by atoms with Crippen molar-refractivity contribution in [3.8, 4) is 5.75 Å². The van der Waals surface area contributed by atoms with Crippen LogP contribution in [0.2, 0.25) is 0 Å². The van der Waals surface area contributed by atoms with Gasteiger partial charge in [-0.25, -0.2) is 4.79 Å². The van der Waals surface area contributed by atoms with Gasteiger partial charge in [0.15, 0.2) is 0 Å². The second-order valence-corrected chi connectivity index (χ2v) is 4.83. The van der Waals surface area contributed by atoms with Gasteiger partial charge in [0.1, 0.15) is 11.4 Å². The van der Waals surface area contributed by atoms with E-state index in [0.717, 1.165) is 0 Å². The molecule has 0 atom stereocenters. The van der Waals surface area contributed by atoms with Gasteiger partial charge in [0.05, 0.1) is 9.40 Å². The summed E-state index contributed by atoms with van der Waals surface area (Å²) in [7, 11) is 0. The van der Waals surface area contributed by atoms with Crippen molar-refractivity contribution in [3.63, 3.8) is 0 Å². The van der Waals surface area contributed by atoms with Gasteiger partial charge in [0.2, 0.25) is 0 Å². The first kappa shape index (κ1) is 14.7. The summed E-state index contributed by atoms with van der Waals surface area (Å²) in [4.78, 5) is 36.6. The Bertz CT molecular complexity index is 853. The molecule has 0 aliphatic heterocycles. The third-order valence-corrected chi connectivity index (χ3v) is 3.18. The Balaban J connectivity index is 2.50. The van der Waals surface area contributed by atoms with Crippen LogP contribution in [0.1, 0.15) is 11.3 Å². The first-order chi connectivity index (χ1) is 9.88. The minimum Gasteiger partial charge on any atom is -0.507 e. The number of H-pyrrole nitrogens is 2. The number of rotatable bonds is 3. The van der Waals surface area contributed by atoms with Gasteiger partial charge in [-0.05, 0) is 39.7 Å². The van der Waals surface area contributed by atoms with Crippen LogP contribution in [0.15, 0.2) is 32.3 Å². The first-order valence-corrected chi connectivity index (χ1v) is 6.35. The van der Waals surface area contributed by atoms with Crippen molar-refractivity contribution in [2.75, 3.05) is 0 Å². The van der Waals surface area contributed by atoms with E-state index in [4.69, 9.17) is 0 Å². The number of halogens is 1.